The molecule has 1 saturated heterocycles. The zero-order valence-corrected chi connectivity index (χ0v) is 14.9. The van der Waals surface area contributed by atoms with Gasteiger partial charge in [0.2, 0.25) is 10.0 Å². The maximum atomic E-state index is 12.7. The summed E-state index contributed by atoms with van der Waals surface area (Å²) in [5, 5.41) is 9.05. The van der Waals surface area contributed by atoms with Crippen LogP contribution in [0.3, 0.4) is 0 Å². The Balaban J connectivity index is 2.39. The van der Waals surface area contributed by atoms with Gasteiger partial charge in [0.1, 0.15) is 0 Å². The summed E-state index contributed by atoms with van der Waals surface area (Å²) >= 11 is 0. The molecule has 0 saturated carbocycles. The van der Waals surface area contributed by atoms with Gasteiger partial charge in [-0.3, -0.25) is 14.3 Å². The van der Waals surface area contributed by atoms with E-state index >= 15 is 0 Å². The first kappa shape index (κ1) is 18.8. The lowest BCUT2D eigenvalue weighted by molar-refractivity contribution is -0.141. The molecule has 10 heteroatoms. The second kappa shape index (κ2) is 7.18. The Kier molecular flexibility index (Phi) is 5.41. The monoisotopic (exact) mass is 372 g/mol. The minimum atomic E-state index is -3.60. The number of carboxylic acids is 1. The van der Waals surface area contributed by atoms with Crippen LogP contribution >= 0.6 is 0 Å². The average Bonchev–Trinajstić information content (AvgIpc) is 3.02. The SMILES string of the molecule is COc1cc(C(=O)N2CCC(C(=O)O)C2)cc(NS(C)(=O)=O)c1OC. The number of benzene rings is 1. The van der Waals surface area contributed by atoms with Crippen LogP contribution in [0, 0.1) is 5.92 Å². The zero-order valence-electron chi connectivity index (χ0n) is 14.1. The molecule has 0 aliphatic carbocycles. The van der Waals surface area contributed by atoms with Crippen molar-refractivity contribution in [2.45, 2.75) is 6.42 Å². The van der Waals surface area contributed by atoms with Gasteiger partial charge in [0.25, 0.3) is 5.91 Å². The van der Waals surface area contributed by atoms with Crippen LogP contribution in [0.5, 0.6) is 11.5 Å². The number of likely N-dealkylation sites (tertiary alicyclic amines) is 1. The van der Waals surface area contributed by atoms with E-state index in [1.807, 2.05) is 0 Å². The molecule has 0 aromatic heterocycles. The fraction of sp³-hybridized carbons (Fsp3) is 0.467. The summed E-state index contributed by atoms with van der Waals surface area (Å²) in [6, 6.07) is 2.78. The van der Waals surface area contributed by atoms with E-state index in [0.29, 0.717) is 13.0 Å². The van der Waals surface area contributed by atoms with Gasteiger partial charge in [0.15, 0.2) is 11.5 Å². The van der Waals surface area contributed by atoms with Crippen molar-refractivity contribution in [3.8, 4) is 11.5 Å². The van der Waals surface area contributed by atoms with Crippen molar-refractivity contribution in [2.24, 2.45) is 5.92 Å². The maximum Gasteiger partial charge on any atom is 0.308 e. The topological polar surface area (TPSA) is 122 Å². The minimum absolute atomic E-state index is 0.0710. The summed E-state index contributed by atoms with van der Waals surface area (Å²) in [5.74, 6) is -1.61. The molecule has 1 unspecified atom stereocenters. The number of rotatable bonds is 6. The lowest BCUT2D eigenvalue weighted by Gasteiger charge is -2.19. The number of sulfonamides is 1. The van der Waals surface area contributed by atoms with E-state index in [1.165, 1.54) is 31.3 Å². The zero-order chi connectivity index (χ0) is 18.8. The van der Waals surface area contributed by atoms with Crippen LogP contribution in [0.4, 0.5) is 5.69 Å². The summed E-state index contributed by atoms with van der Waals surface area (Å²) in [7, 11) is -0.885. The number of hydrogen-bond donors (Lipinski definition) is 2. The largest absolute Gasteiger partial charge is 0.493 e. The molecule has 2 N–H and O–H groups in total. The molecule has 138 valence electrons. The van der Waals surface area contributed by atoms with Crippen LogP contribution in [-0.2, 0) is 14.8 Å². The van der Waals surface area contributed by atoms with E-state index in [9.17, 15) is 18.0 Å². The predicted molar refractivity (Wildman–Crippen MR) is 89.7 cm³/mol. The van der Waals surface area contributed by atoms with Crippen LogP contribution in [-0.4, -0.2) is 63.9 Å². The molecule has 1 heterocycles. The molecule has 1 aromatic rings. The summed E-state index contributed by atoms with van der Waals surface area (Å²) in [6.45, 7) is 0.427. The van der Waals surface area contributed by atoms with Crippen molar-refractivity contribution < 1.29 is 32.6 Å². The lowest BCUT2D eigenvalue weighted by atomic mass is 10.1. The van der Waals surface area contributed by atoms with Crippen LogP contribution in [0.15, 0.2) is 12.1 Å². The molecule has 1 aliphatic heterocycles. The van der Waals surface area contributed by atoms with Gasteiger partial charge >= 0.3 is 5.97 Å². The molecule has 25 heavy (non-hydrogen) atoms. The number of methoxy groups -OCH3 is 2. The smallest absolute Gasteiger partial charge is 0.308 e. The Morgan fingerprint density at radius 2 is 1.96 bits per heavy atom. The first-order valence-corrected chi connectivity index (χ1v) is 9.31. The number of hydrogen-bond acceptors (Lipinski definition) is 6. The highest BCUT2D eigenvalue weighted by atomic mass is 32.2. The normalized spacial score (nSPS) is 17.2. The van der Waals surface area contributed by atoms with Crippen LogP contribution in [0.25, 0.3) is 0 Å². The molecule has 1 aliphatic rings. The number of carboxylic acid groups (broad SMARTS) is 1. The Labute approximate surface area is 145 Å². The third kappa shape index (κ3) is 4.32. The molecular weight excluding hydrogens is 352 g/mol. The highest BCUT2D eigenvalue weighted by molar-refractivity contribution is 7.92. The van der Waals surface area contributed by atoms with Crippen LogP contribution in [0.1, 0.15) is 16.8 Å². The Hall–Kier alpha value is -2.49. The van der Waals surface area contributed by atoms with Gasteiger partial charge in [-0.2, -0.15) is 0 Å². The molecule has 0 spiro atoms. The van der Waals surface area contributed by atoms with Gasteiger partial charge < -0.3 is 19.5 Å². The minimum Gasteiger partial charge on any atom is -0.493 e. The van der Waals surface area contributed by atoms with Gasteiger partial charge in [-0.15, -0.1) is 0 Å². The molecule has 2 rings (SSSR count). The summed E-state index contributed by atoms with van der Waals surface area (Å²) < 4.78 is 35.7. The summed E-state index contributed by atoms with van der Waals surface area (Å²) in [4.78, 5) is 25.1. The first-order valence-electron chi connectivity index (χ1n) is 7.42. The molecule has 1 fully saturated rings. The summed E-state index contributed by atoms with van der Waals surface area (Å²) in [6.07, 6.45) is 1.36. The van der Waals surface area contributed by atoms with Crippen LogP contribution in [0.2, 0.25) is 0 Å². The van der Waals surface area contributed by atoms with Gasteiger partial charge in [-0.25, -0.2) is 8.42 Å². The number of carbonyl (C=O) groups is 2. The standard InChI is InChI=1S/C15H20N2O7S/c1-23-12-7-10(6-11(13(12)24-2)16-25(3,21)22)14(18)17-5-4-9(8-17)15(19)20/h6-7,9,16H,4-5,8H2,1-3H3,(H,19,20). The number of ether oxygens (including phenoxy) is 2. The number of nitrogens with zero attached hydrogens (tertiary/aromatic N) is 1. The fourth-order valence-electron chi connectivity index (χ4n) is 2.69. The van der Waals surface area contributed by atoms with E-state index < -0.39 is 27.8 Å². The first-order chi connectivity index (χ1) is 11.7. The molecule has 1 atom stereocenters. The molecule has 9 nitrogen and oxygen atoms in total. The van der Waals surface area contributed by atoms with Gasteiger partial charge in [0.05, 0.1) is 32.1 Å². The Morgan fingerprint density at radius 3 is 2.44 bits per heavy atom. The van der Waals surface area contributed by atoms with E-state index in [4.69, 9.17) is 14.6 Å². The number of nitrogens with one attached hydrogen (secondary N) is 1. The Morgan fingerprint density at radius 1 is 1.28 bits per heavy atom. The van der Waals surface area contributed by atoms with E-state index in [-0.39, 0.29) is 29.3 Å². The average molecular weight is 372 g/mol. The van der Waals surface area contributed by atoms with Crippen molar-refractivity contribution >= 4 is 27.6 Å². The van der Waals surface area contributed by atoms with E-state index in [0.717, 1.165) is 6.26 Å². The lowest BCUT2D eigenvalue weighted by Crippen LogP contribution is -2.30. The highest BCUT2D eigenvalue weighted by Crippen LogP contribution is 2.37. The van der Waals surface area contributed by atoms with Crippen molar-refractivity contribution in [1.29, 1.82) is 0 Å². The van der Waals surface area contributed by atoms with Crippen molar-refractivity contribution in [3.05, 3.63) is 17.7 Å². The number of amides is 1. The van der Waals surface area contributed by atoms with Crippen molar-refractivity contribution in [3.63, 3.8) is 0 Å². The second-order valence-corrected chi connectivity index (χ2v) is 7.46. The number of aliphatic carboxylic acids is 1. The van der Waals surface area contributed by atoms with E-state index in [1.54, 1.807) is 0 Å². The summed E-state index contributed by atoms with van der Waals surface area (Å²) in [5.41, 5.74) is 0.247. The molecule has 1 aromatic carbocycles. The maximum absolute atomic E-state index is 12.7. The van der Waals surface area contributed by atoms with Gasteiger partial charge in [-0.1, -0.05) is 0 Å². The third-order valence-electron chi connectivity index (χ3n) is 3.85. The van der Waals surface area contributed by atoms with Crippen molar-refractivity contribution in [1.82, 2.24) is 4.90 Å². The Bertz CT molecular complexity index is 791. The number of anilines is 1. The molecule has 1 amide bonds. The second-order valence-electron chi connectivity index (χ2n) is 5.71. The van der Waals surface area contributed by atoms with Gasteiger partial charge in [0, 0.05) is 18.7 Å². The number of carbonyl (C=O) groups excluding carboxylic acids is 1. The molecular formula is C15H20N2O7S. The van der Waals surface area contributed by atoms with E-state index in [2.05, 4.69) is 4.72 Å². The highest BCUT2D eigenvalue weighted by Gasteiger charge is 2.32. The predicted octanol–water partition coefficient (Wildman–Crippen LogP) is 0.622. The molecule has 0 radical (unpaired) electrons. The quantitative estimate of drug-likeness (QED) is 0.750. The fourth-order valence-corrected chi connectivity index (χ4v) is 3.24. The molecule has 0 bridgehead atoms. The van der Waals surface area contributed by atoms with Crippen molar-refractivity contribution in [2.75, 3.05) is 38.3 Å². The van der Waals surface area contributed by atoms with Crippen LogP contribution < -0.4 is 14.2 Å². The van der Waals surface area contributed by atoms with Gasteiger partial charge in [-0.05, 0) is 18.6 Å². The third-order valence-corrected chi connectivity index (χ3v) is 4.44.